The van der Waals surface area contributed by atoms with Crippen LogP contribution in [0.1, 0.15) is 60.4 Å². The molecule has 45 heavy (non-hydrogen) atoms. The van der Waals surface area contributed by atoms with E-state index in [1.807, 2.05) is 16.7 Å². The van der Waals surface area contributed by atoms with Crippen molar-refractivity contribution in [3.8, 4) is 17.3 Å². The lowest BCUT2D eigenvalue weighted by Gasteiger charge is -2.26. The number of benzene rings is 2. The fourth-order valence-electron chi connectivity index (χ4n) is 5.63. The molecule has 0 fully saturated rings. The number of aromatic amines is 1. The second-order valence-electron chi connectivity index (χ2n) is 11.7. The van der Waals surface area contributed by atoms with E-state index in [1.165, 1.54) is 22.2 Å². The monoisotopic (exact) mass is 607 g/mol. The average molecular weight is 608 g/mol. The third kappa shape index (κ3) is 5.26. The Bertz CT molecular complexity index is 2010. The molecule has 1 N–H and O–H groups in total. The molecule has 0 atom stereocenters. The summed E-state index contributed by atoms with van der Waals surface area (Å²) in [5.41, 5.74) is 2.64. The van der Waals surface area contributed by atoms with Crippen LogP contribution in [0, 0.1) is 17.1 Å². The number of imide groups is 1. The van der Waals surface area contributed by atoms with E-state index < -0.39 is 17.5 Å². The average Bonchev–Trinajstić information content (AvgIpc) is 3.69. The van der Waals surface area contributed by atoms with Crippen LogP contribution >= 0.6 is 0 Å². The fourth-order valence-corrected chi connectivity index (χ4v) is 5.63. The van der Waals surface area contributed by atoms with E-state index in [2.05, 4.69) is 9.97 Å². The summed E-state index contributed by atoms with van der Waals surface area (Å²) in [5, 5.41) is 10.2. The van der Waals surface area contributed by atoms with Crippen molar-refractivity contribution in [2.75, 3.05) is 18.0 Å². The van der Waals surface area contributed by atoms with Gasteiger partial charge in [-0.25, -0.2) is 19.2 Å². The number of ether oxygens (including phenoxy) is 1. The van der Waals surface area contributed by atoms with Crippen molar-refractivity contribution < 1.29 is 23.5 Å². The number of hydrogen-bond acceptors (Lipinski definition) is 7. The molecule has 228 valence electrons. The van der Waals surface area contributed by atoms with Crippen LogP contribution in [0.3, 0.4) is 0 Å². The van der Waals surface area contributed by atoms with Crippen molar-refractivity contribution in [3.05, 3.63) is 77.4 Å². The van der Waals surface area contributed by atoms with Crippen LogP contribution in [-0.4, -0.2) is 61.0 Å². The minimum Gasteiger partial charge on any atom is -0.443 e. The van der Waals surface area contributed by atoms with Gasteiger partial charge in [-0.2, -0.15) is 5.26 Å². The van der Waals surface area contributed by atoms with E-state index in [0.717, 1.165) is 6.07 Å². The summed E-state index contributed by atoms with van der Waals surface area (Å²) in [4.78, 5) is 54.4. The fraction of sp³-hybridized carbons (Fsp3) is 0.273. The Morgan fingerprint density at radius 3 is 2.44 bits per heavy atom. The van der Waals surface area contributed by atoms with Gasteiger partial charge in [0.25, 0.3) is 11.8 Å². The lowest BCUT2D eigenvalue weighted by molar-refractivity contribution is 0.0579. The van der Waals surface area contributed by atoms with Gasteiger partial charge in [0.2, 0.25) is 0 Å². The first kappa shape index (κ1) is 29.5. The summed E-state index contributed by atoms with van der Waals surface area (Å²) < 4.78 is 22.2. The number of anilines is 1. The number of carbonyl (C=O) groups is 3. The number of nitrogens with zero attached hydrogens (tertiary/aromatic N) is 6. The van der Waals surface area contributed by atoms with Crippen molar-refractivity contribution in [2.24, 2.45) is 0 Å². The first-order chi connectivity index (χ1) is 21.5. The molecule has 0 bridgehead atoms. The Morgan fingerprint density at radius 2 is 1.80 bits per heavy atom. The van der Waals surface area contributed by atoms with Gasteiger partial charge in [0.05, 0.1) is 34.8 Å². The van der Waals surface area contributed by atoms with E-state index >= 15 is 0 Å². The number of nitriles is 1. The van der Waals surface area contributed by atoms with E-state index in [-0.39, 0.29) is 37.0 Å². The number of imidazole rings is 1. The van der Waals surface area contributed by atoms with Gasteiger partial charge >= 0.3 is 6.09 Å². The predicted octanol–water partition coefficient (Wildman–Crippen LogP) is 6.04. The molecule has 0 saturated heterocycles. The molecule has 3 amide bonds. The zero-order chi connectivity index (χ0) is 32.0. The number of nitrogens with one attached hydrogen (secondary N) is 1. The van der Waals surface area contributed by atoms with Crippen molar-refractivity contribution in [1.29, 1.82) is 5.26 Å². The number of amides is 3. The van der Waals surface area contributed by atoms with E-state index in [4.69, 9.17) is 9.72 Å². The summed E-state index contributed by atoms with van der Waals surface area (Å²) in [7, 11) is 0. The molecule has 0 saturated carbocycles. The normalized spacial score (nSPS) is 13.0. The third-order valence-corrected chi connectivity index (χ3v) is 7.55. The van der Waals surface area contributed by atoms with Gasteiger partial charge in [-0.1, -0.05) is 12.1 Å². The predicted molar refractivity (Wildman–Crippen MR) is 165 cm³/mol. The van der Waals surface area contributed by atoms with Crippen molar-refractivity contribution in [1.82, 2.24) is 24.4 Å². The standard InChI is InChI=1S/C33H30FN7O4/c1-5-39(32(44)45-33(2,3)4)29-27-26(36-18-37-27)24-16-25(20-13-19(17-35)14-21(34)15-20)40(28(24)38-29)11-8-12-41-30(42)22-9-6-7-10-23(22)31(41)43/h6-7,9-10,13-16,18H,5,8,11-12H2,1-4H3,(H,36,37). The number of rotatable bonds is 7. The first-order valence-corrected chi connectivity index (χ1v) is 14.5. The first-order valence-electron chi connectivity index (χ1n) is 14.5. The Kier molecular flexibility index (Phi) is 7.32. The second kappa shape index (κ2) is 11.2. The summed E-state index contributed by atoms with van der Waals surface area (Å²) in [6.07, 6.45) is 1.27. The van der Waals surface area contributed by atoms with Crippen LogP contribution in [0.25, 0.3) is 33.3 Å². The van der Waals surface area contributed by atoms with Crippen LogP contribution in [0.2, 0.25) is 0 Å². The van der Waals surface area contributed by atoms with Gasteiger partial charge in [-0.15, -0.1) is 0 Å². The molecule has 12 heteroatoms. The minimum absolute atomic E-state index is 0.133. The maximum absolute atomic E-state index is 14.7. The Balaban J connectivity index is 1.46. The molecule has 4 heterocycles. The van der Waals surface area contributed by atoms with E-state index in [1.54, 1.807) is 58.0 Å². The summed E-state index contributed by atoms with van der Waals surface area (Å²) in [6, 6.07) is 14.6. The number of H-pyrrole nitrogens is 1. The zero-order valence-corrected chi connectivity index (χ0v) is 25.2. The van der Waals surface area contributed by atoms with Gasteiger partial charge in [-0.3, -0.25) is 19.4 Å². The van der Waals surface area contributed by atoms with Crippen molar-refractivity contribution >= 4 is 45.8 Å². The third-order valence-electron chi connectivity index (χ3n) is 7.55. The maximum Gasteiger partial charge on any atom is 0.416 e. The van der Waals surface area contributed by atoms with Crippen molar-refractivity contribution in [2.45, 2.75) is 46.3 Å². The van der Waals surface area contributed by atoms with Crippen LogP contribution in [-0.2, 0) is 11.3 Å². The van der Waals surface area contributed by atoms with Gasteiger partial charge in [-0.05, 0) is 70.5 Å². The zero-order valence-electron chi connectivity index (χ0n) is 25.2. The smallest absolute Gasteiger partial charge is 0.416 e. The highest BCUT2D eigenvalue weighted by atomic mass is 19.1. The molecule has 0 radical (unpaired) electrons. The molecule has 6 rings (SSSR count). The summed E-state index contributed by atoms with van der Waals surface area (Å²) in [6.45, 7) is 7.80. The molecule has 1 aliphatic heterocycles. The number of aromatic nitrogens is 4. The molecule has 5 aromatic rings. The molecular formula is C33H30FN7O4. The Labute approximate surface area is 257 Å². The molecule has 1 aliphatic rings. The maximum atomic E-state index is 14.7. The number of fused-ring (bicyclic) bond motifs is 4. The summed E-state index contributed by atoms with van der Waals surface area (Å²) >= 11 is 0. The van der Waals surface area contributed by atoms with Crippen LogP contribution < -0.4 is 4.90 Å². The van der Waals surface area contributed by atoms with Crippen LogP contribution in [0.5, 0.6) is 0 Å². The molecule has 0 unspecified atom stereocenters. The summed E-state index contributed by atoms with van der Waals surface area (Å²) in [5.74, 6) is -0.986. The van der Waals surface area contributed by atoms with Gasteiger partial charge in [0.15, 0.2) is 5.82 Å². The van der Waals surface area contributed by atoms with E-state index in [9.17, 15) is 24.0 Å². The lowest BCUT2D eigenvalue weighted by Crippen LogP contribution is -2.37. The van der Waals surface area contributed by atoms with E-state index in [0.29, 0.717) is 56.7 Å². The molecule has 11 nitrogen and oxygen atoms in total. The Hall–Kier alpha value is -5.57. The number of hydrogen-bond donors (Lipinski definition) is 1. The number of pyridine rings is 1. The number of carbonyl (C=O) groups excluding carboxylic acids is 3. The molecule has 2 aromatic carbocycles. The highest BCUT2D eigenvalue weighted by Crippen LogP contribution is 2.36. The van der Waals surface area contributed by atoms with Crippen LogP contribution in [0.4, 0.5) is 15.0 Å². The number of aryl methyl sites for hydroxylation is 1. The quantitative estimate of drug-likeness (QED) is 0.223. The number of halogens is 1. The van der Waals surface area contributed by atoms with Gasteiger partial charge < -0.3 is 14.3 Å². The SMILES string of the molecule is CCN(C(=O)OC(C)(C)C)c1nc2c(cc(-c3cc(F)cc(C#N)c3)n2CCCN2C(=O)c3ccccc3C2=O)c2nc[nH]c12. The lowest BCUT2D eigenvalue weighted by atomic mass is 10.1. The molecule has 0 aliphatic carbocycles. The second-order valence-corrected chi connectivity index (χ2v) is 11.7. The molecule has 0 spiro atoms. The minimum atomic E-state index is -0.741. The Morgan fingerprint density at radius 1 is 1.09 bits per heavy atom. The van der Waals surface area contributed by atoms with Crippen molar-refractivity contribution in [3.63, 3.8) is 0 Å². The van der Waals surface area contributed by atoms with Crippen LogP contribution in [0.15, 0.2) is 54.9 Å². The highest BCUT2D eigenvalue weighted by molar-refractivity contribution is 6.21. The molecule has 3 aromatic heterocycles. The topological polar surface area (TPSA) is 137 Å². The largest absolute Gasteiger partial charge is 0.443 e. The van der Waals surface area contributed by atoms with Gasteiger partial charge in [0, 0.05) is 30.6 Å². The van der Waals surface area contributed by atoms with Gasteiger partial charge in [0.1, 0.15) is 28.1 Å². The highest BCUT2D eigenvalue weighted by Gasteiger charge is 2.35. The molecular weight excluding hydrogens is 577 g/mol.